The van der Waals surface area contributed by atoms with Gasteiger partial charge in [-0.15, -0.1) is 0 Å². The van der Waals surface area contributed by atoms with Crippen molar-refractivity contribution in [2.45, 2.75) is 43.7 Å². The standard InChI is InChI=1S/C20H22ClN3O3S/c1-2-3-11-17(20(25)22-13-14-8-4-6-10-16(14)21)23-19-15-9-5-7-12-18(15)28(26,27)24-19/h4-10,12,17H,2-3,11,13H2,1H3,(H,22,25)(H,23,24). The van der Waals surface area contributed by atoms with Crippen LogP contribution in [0.1, 0.15) is 37.3 Å². The third kappa shape index (κ3) is 4.54. The molecular formula is C20H22ClN3O3S. The molecule has 0 saturated heterocycles. The van der Waals surface area contributed by atoms with E-state index in [1.807, 2.05) is 25.1 Å². The van der Waals surface area contributed by atoms with Gasteiger partial charge in [-0.3, -0.25) is 14.5 Å². The van der Waals surface area contributed by atoms with Crippen molar-refractivity contribution in [3.8, 4) is 0 Å². The first-order valence-corrected chi connectivity index (χ1v) is 11.0. The number of benzene rings is 2. The minimum atomic E-state index is -3.64. The molecule has 2 N–H and O–H groups in total. The molecule has 2 aromatic carbocycles. The molecule has 6 nitrogen and oxygen atoms in total. The van der Waals surface area contributed by atoms with Crippen LogP contribution < -0.4 is 10.0 Å². The predicted molar refractivity (Wildman–Crippen MR) is 110 cm³/mol. The molecule has 1 amide bonds. The monoisotopic (exact) mass is 419 g/mol. The number of halogens is 1. The minimum Gasteiger partial charge on any atom is -0.350 e. The number of carbonyl (C=O) groups is 1. The Morgan fingerprint density at radius 3 is 2.64 bits per heavy atom. The lowest BCUT2D eigenvalue weighted by atomic mass is 10.1. The number of unbranched alkanes of at least 4 members (excludes halogenated alkanes) is 1. The van der Waals surface area contributed by atoms with Crippen molar-refractivity contribution in [1.82, 2.24) is 10.0 Å². The maximum atomic E-state index is 12.8. The predicted octanol–water partition coefficient (Wildman–Crippen LogP) is 3.25. The van der Waals surface area contributed by atoms with Gasteiger partial charge in [-0.05, 0) is 30.2 Å². The van der Waals surface area contributed by atoms with Crippen LogP contribution in [-0.4, -0.2) is 26.2 Å². The van der Waals surface area contributed by atoms with E-state index < -0.39 is 16.1 Å². The number of carbonyl (C=O) groups excluding carboxylic acids is 1. The molecular weight excluding hydrogens is 398 g/mol. The molecule has 3 rings (SSSR count). The van der Waals surface area contributed by atoms with E-state index in [1.54, 1.807) is 24.3 Å². The van der Waals surface area contributed by atoms with Gasteiger partial charge in [0.25, 0.3) is 10.0 Å². The summed E-state index contributed by atoms with van der Waals surface area (Å²) in [5, 5.41) is 3.44. The van der Waals surface area contributed by atoms with Crippen molar-refractivity contribution in [3.05, 3.63) is 64.7 Å². The molecule has 8 heteroatoms. The molecule has 0 fully saturated rings. The summed E-state index contributed by atoms with van der Waals surface area (Å²) in [6.45, 7) is 2.31. The fourth-order valence-corrected chi connectivity index (χ4v) is 4.42. The van der Waals surface area contributed by atoms with Gasteiger partial charge in [-0.1, -0.05) is 61.7 Å². The SMILES string of the molecule is CCCCC(N=C1NS(=O)(=O)c2ccccc21)C(=O)NCc1ccccc1Cl. The summed E-state index contributed by atoms with van der Waals surface area (Å²) in [6.07, 6.45) is 2.23. The van der Waals surface area contributed by atoms with E-state index in [1.165, 1.54) is 6.07 Å². The first-order chi connectivity index (χ1) is 13.4. The lowest BCUT2D eigenvalue weighted by Gasteiger charge is -2.14. The number of nitrogens with zero attached hydrogens (tertiary/aromatic N) is 1. The Balaban J connectivity index is 1.82. The minimum absolute atomic E-state index is 0.180. The van der Waals surface area contributed by atoms with Crippen molar-refractivity contribution in [1.29, 1.82) is 0 Å². The summed E-state index contributed by atoms with van der Waals surface area (Å²) in [7, 11) is -3.64. The maximum Gasteiger partial charge on any atom is 0.263 e. The highest BCUT2D eigenvalue weighted by molar-refractivity contribution is 7.90. The molecule has 1 atom stereocenters. The normalized spacial score (nSPS) is 17.0. The zero-order valence-electron chi connectivity index (χ0n) is 15.5. The van der Waals surface area contributed by atoms with Crippen molar-refractivity contribution >= 4 is 33.4 Å². The van der Waals surface area contributed by atoms with Gasteiger partial charge in [0, 0.05) is 17.1 Å². The Hall–Kier alpha value is -2.38. The van der Waals surface area contributed by atoms with Crippen LogP contribution in [-0.2, 0) is 21.4 Å². The Morgan fingerprint density at radius 2 is 1.89 bits per heavy atom. The van der Waals surface area contributed by atoms with Crippen LogP contribution in [0, 0.1) is 0 Å². The Bertz CT molecular complexity index is 1010. The fraction of sp³-hybridized carbons (Fsp3) is 0.300. The van der Waals surface area contributed by atoms with E-state index in [0.29, 0.717) is 17.0 Å². The van der Waals surface area contributed by atoms with Crippen LogP contribution in [0.3, 0.4) is 0 Å². The molecule has 1 aliphatic heterocycles. The van der Waals surface area contributed by atoms with E-state index in [2.05, 4.69) is 15.0 Å². The molecule has 1 heterocycles. The van der Waals surface area contributed by atoms with Gasteiger partial charge in [0.2, 0.25) is 5.91 Å². The number of fused-ring (bicyclic) bond motifs is 1. The van der Waals surface area contributed by atoms with Crippen LogP contribution >= 0.6 is 11.6 Å². The Labute approximate surface area is 170 Å². The Morgan fingerprint density at radius 1 is 1.18 bits per heavy atom. The number of sulfonamides is 1. The highest BCUT2D eigenvalue weighted by Crippen LogP contribution is 2.23. The first kappa shape index (κ1) is 20.4. The lowest BCUT2D eigenvalue weighted by Crippen LogP contribution is -2.35. The molecule has 1 unspecified atom stereocenters. The summed E-state index contributed by atoms with van der Waals surface area (Å²) in [4.78, 5) is 17.4. The second-order valence-electron chi connectivity index (χ2n) is 6.55. The number of amidine groups is 1. The lowest BCUT2D eigenvalue weighted by molar-refractivity contribution is -0.122. The number of aliphatic imine (C=N–C) groups is 1. The smallest absolute Gasteiger partial charge is 0.263 e. The largest absolute Gasteiger partial charge is 0.350 e. The van der Waals surface area contributed by atoms with Crippen molar-refractivity contribution in [2.24, 2.45) is 4.99 Å². The molecule has 28 heavy (non-hydrogen) atoms. The summed E-state index contributed by atoms with van der Waals surface area (Å²) in [5.74, 6) is -0.0472. The molecule has 0 aliphatic carbocycles. The summed E-state index contributed by atoms with van der Waals surface area (Å²) in [5.41, 5.74) is 1.30. The number of rotatable bonds is 7. The average molecular weight is 420 g/mol. The van der Waals surface area contributed by atoms with Crippen LogP contribution in [0.4, 0.5) is 0 Å². The van der Waals surface area contributed by atoms with E-state index in [9.17, 15) is 13.2 Å². The van der Waals surface area contributed by atoms with Crippen LogP contribution in [0.25, 0.3) is 0 Å². The molecule has 1 aliphatic rings. The fourth-order valence-electron chi connectivity index (χ4n) is 2.98. The maximum absolute atomic E-state index is 12.8. The van der Waals surface area contributed by atoms with Crippen molar-refractivity contribution in [2.75, 3.05) is 0 Å². The number of hydrogen-bond acceptors (Lipinski definition) is 4. The van der Waals surface area contributed by atoms with Gasteiger partial charge in [-0.25, -0.2) is 8.42 Å². The average Bonchev–Trinajstić information content (AvgIpc) is 2.94. The third-order valence-corrected chi connectivity index (χ3v) is 6.26. The quantitative estimate of drug-likeness (QED) is 0.722. The van der Waals surface area contributed by atoms with Gasteiger partial charge in [-0.2, -0.15) is 0 Å². The number of hydrogen-bond donors (Lipinski definition) is 2. The van der Waals surface area contributed by atoms with E-state index >= 15 is 0 Å². The molecule has 148 valence electrons. The topological polar surface area (TPSA) is 87.6 Å². The van der Waals surface area contributed by atoms with Gasteiger partial charge >= 0.3 is 0 Å². The molecule has 0 saturated carbocycles. The Kier molecular flexibility index (Phi) is 6.36. The molecule has 2 aromatic rings. The molecule has 0 aromatic heterocycles. The summed E-state index contributed by atoms with van der Waals surface area (Å²) >= 11 is 6.14. The highest BCUT2D eigenvalue weighted by atomic mass is 35.5. The van der Waals surface area contributed by atoms with Gasteiger partial charge in [0.05, 0.1) is 4.90 Å². The van der Waals surface area contributed by atoms with E-state index in [4.69, 9.17) is 11.6 Å². The zero-order chi connectivity index (χ0) is 20.1. The van der Waals surface area contributed by atoms with E-state index in [-0.39, 0.29) is 23.2 Å². The first-order valence-electron chi connectivity index (χ1n) is 9.13. The second kappa shape index (κ2) is 8.75. The van der Waals surface area contributed by atoms with Crippen LogP contribution in [0.5, 0.6) is 0 Å². The molecule has 0 spiro atoms. The number of nitrogens with one attached hydrogen (secondary N) is 2. The summed E-state index contributed by atoms with van der Waals surface area (Å²) in [6, 6.07) is 13.2. The number of amides is 1. The van der Waals surface area contributed by atoms with Gasteiger partial charge in [0.15, 0.2) is 0 Å². The van der Waals surface area contributed by atoms with Crippen LogP contribution in [0.15, 0.2) is 58.4 Å². The van der Waals surface area contributed by atoms with Gasteiger partial charge < -0.3 is 5.32 Å². The molecule has 0 bridgehead atoms. The van der Waals surface area contributed by atoms with Crippen molar-refractivity contribution < 1.29 is 13.2 Å². The third-order valence-electron chi connectivity index (χ3n) is 4.49. The van der Waals surface area contributed by atoms with Crippen molar-refractivity contribution in [3.63, 3.8) is 0 Å². The zero-order valence-corrected chi connectivity index (χ0v) is 17.1. The summed E-state index contributed by atoms with van der Waals surface area (Å²) < 4.78 is 27.0. The van der Waals surface area contributed by atoms with E-state index in [0.717, 1.165) is 18.4 Å². The highest BCUT2D eigenvalue weighted by Gasteiger charge is 2.31. The van der Waals surface area contributed by atoms with Crippen LogP contribution in [0.2, 0.25) is 5.02 Å². The second-order valence-corrected chi connectivity index (χ2v) is 8.60. The van der Waals surface area contributed by atoms with Gasteiger partial charge in [0.1, 0.15) is 11.9 Å². The molecule has 0 radical (unpaired) electrons.